The van der Waals surface area contributed by atoms with E-state index < -0.39 is 20.3 Å². The molecule has 0 N–H and O–H groups in total. The molecule has 82 valence electrons. The molecule has 0 saturated carbocycles. The highest BCUT2D eigenvalue weighted by Gasteiger charge is 2.27. The number of sulfone groups is 1. The molecule has 0 fully saturated rings. The van der Waals surface area contributed by atoms with Crippen molar-refractivity contribution in [2.24, 2.45) is 0 Å². The van der Waals surface area contributed by atoms with Gasteiger partial charge < -0.3 is 0 Å². The van der Waals surface area contributed by atoms with E-state index in [1.54, 1.807) is 12.1 Å². The van der Waals surface area contributed by atoms with Gasteiger partial charge in [-0.3, -0.25) is 4.79 Å². The Morgan fingerprint density at radius 3 is 2.47 bits per heavy atom. The molecule has 0 amide bonds. The zero-order valence-electron chi connectivity index (χ0n) is 7.78. The highest BCUT2D eigenvalue weighted by atomic mass is 35.5. The highest BCUT2D eigenvalue weighted by molar-refractivity contribution is 7.93. The van der Waals surface area contributed by atoms with Crippen molar-refractivity contribution in [2.45, 2.75) is 4.71 Å². The van der Waals surface area contributed by atoms with Crippen molar-refractivity contribution in [2.75, 3.05) is 6.26 Å². The van der Waals surface area contributed by atoms with Crippen LogP contribution in [0.2, 0.25) is 5.02 Å². The number of carbonyl (C=O) groups is 1. The van der Waals surface area contributed by atoms with Crippen LogP contribution in [0.5, 0.6) is 0 Å². The summed E-state index contributed by atoms with van der Waals surface area (Å²) in [4.78, 5) is 11.6. The Balaban J connectivity index is 3.06. The number of alkyl halides is 1. The second-order valence-corrected chi connectivity index (χ2v) is 6.28. The summed E-state index contributed by atoms with van der Waals surface area (Å²) < 4.78 is 20.5. The SMILES string of the molecule is CS(=O)(=O)[C@@H](Cl)C(=O)c1cccc(Cl)c1. The summed E-state index contributed by atoms with van der Waals surface area (Å²) >= 11 is 11.2. The molecule has 1 aromatic rings. The van der Waals surface area contributed by atoms with Crippen molar-refractivity contribution in [1.82, 2.24) is 0 Å². The summed E-state index contributed by atoms with van der Waals surface area (Å²) in [7, 11) is -3.59. The third-order valence-corrected chi connectivity index (χ3v) is 4.06. The first kappa shape index (κ1) is 12.5. The van der Waals surface area contributed by atoms with Crippen LogP contribution in [0.15, 0.2) is 24.3 Å². The van der Waals surface area contributed by atoms with E-state index in [0.29, 0.717) is 5.02 Å². The van der Waals surface area contributed by atoms with Gasteiger partial charge in [0, 0.05) is 16.8 Å². The van der Waals surface area contributed by atoms with Crippen molar-refractivity contribution >= 4 is 38.8 Å². The average Bonchev–Trinajstić information content (AvgIpc) is 2.14. The molecule has 15 heavy (non-hydrogen) atoms. The van der Waals surface area contributed by atoms with Gasteiger partial charge >= 0.3 is 0 Å². The zero-order valence-corrected chi connectivity index (χ0v) is 10.1. The first-order valence-corrected chi connectivity index (χ1v) is 6.72. The predicted octanol–water partition coefficient (Wildman–Crippen LogP) is 2.13. The molecule has 0 bridgehead atoms. The van der Waals surface area contributed by atoms with Gasteiger partial charge in [0.05, 0.1) is 0 Å². The fourth-order valence-electron chi connectivity index (χ4n) is 0.967. The summed E-state index contributed by atoms with van der Waals surface area (Å²) in [6, 6.07) is 5.99. The summed E-state index contributed by atoms with van der Waals surface area (Å²) in [6.45, 7) is 0. The molecule has 0 spiro atoms. The Hall–Kier alpha value is -0.580. The Labute approximate surface area is 97.9 Å². The molecule has 0 unspecified atom stereocenters. The summed E-state index contributed by atoms with van der Waals surface area (Å²) in [5.74, 6) is -0.665. The Morgan fingerprint density at radius 2 is 2.00 bits per heavy atom. The van der Waals surface area contributed by atoms with Crippen molar-refractivity contribution < 1.29 is 13.2 Å². The first-order valence-electron chi connectivity index (χ1n) is 3.95. The molecule has 0 saturated heterocycles. The normalized spacial score (nSPS) is 13.5. The largest absolute Gasteiger partial charge is 0.291 e. The van der Waals surface area contributed by atoms with E-state index >= 15 is 0 Å². The molecule has 0 aliphatic carbocycles. The van der Waals surface area contributed by atoms with Crippen LogP contribution in [0, 0.1) is 0 Å². The zero-order chi connectivity index (χ0) is 11.6. The number of carbonyl (C=O) groups excluding carboxylic acids is 1. The summed E-state index contributed by atoms with van der Waals surface area (Å²) in [5, 5.41) is 0.359. The number of halogens is 2. The molecule has 1 atom stereocenters. The molecule has 1 rings (SSSR count). The quantitative estimate of drug-likeness (QED) is 0.622. The fourth-order valence-corrected chi connectivity index (χ4v) is 1.81. The van der Waals surface area contributed by atoms with Crippen LogP contribution in [0.4, 0.5) is 0 Å². The van der Waals surface area contributed by atoms with Gasteiger partial charge in [-0.1, -0.05) is 35.3 Å². The van der Waals surface area contributed by atoms with Gasteiger partial charge in [0.2, 0.25) is 0 Å². The number of benzene rings is 1. The van der Waals surface area contributed by atoms with E-state index in [-0.39, 0.29) is 5.56 Å². The lowest BCUT2D eigenvalue weighted by Gasteiger charge is -2.06. The van der Waals surface area contributed by atoms with E-state index in [0.717, 1.165) is 6.26 Å². The van der Waals surface area contributed by atoms with Crippen molar-refractivity contribution in [3.05, 3.63) is 34.9 Å². The van der Waals surface area contributed by atoms with Gasteiger partial charge in [-0.05, 0) is 12.1 Å². The molecule has 6 heteroatoms. The second-order valence-electron chi connectivity index (χ2n) is 3.02. The van der Waals surface area contributed by atoms with E-state index in [9.17, 15) is 13.2 Å². The van der Waals surface area contributed by atoms with Crippen LogP contribution < -0.4 is 0 Å². The molecule has 0 radical (unpaired) electrons. The third-order valence-electron chi connectivity index (χ3n) is 1.69. The van der Waals surface area contributed by atoms with Gasteiger partial charge in [-0.25, -0.2) is 8.42 Å². The first-order chi connectivity index (χ1) is 6.82. The molecule has 3 nitrogen and oxygen atoms in total. The molecular formula is C9H8Cl2O3S. The lowest BCUT2D eigenvalue weighted by molar-refractivity contribution is 0.101. The van der Waals surface area contributed by atoms with Crippen molar-refractivity contribution in [1.29, 1.82) is 0 Å². The molecule has 0 aliphatic heterocycles. The predicted molar refractivity (Wildman–Crippen MR) is 60.3 cm³/mol. The Kier molecular flexibility index (Phi) is 3.76. The van der Waals surface area contributed by atoms with Crippen LogP contribution in [0.1, 0.15) is 10.4 Å². The number of hydrogen-bond acceptors (Lipinski definition) is 3. The molecule has 1 aromatic carbocycles. The van der Waals surface area contributed by atoms with Crippen LogP contribution >= 0.6 is 23.2 Å². The monoisotopic (exact) mass is 266 g/mol. The van der Waals surface area contributed by atoms with Crippen molar-refractivity contribution in [3.8, 4) is 0 Å². The lowest BCUT2D eigenvalue weighted by Crippen LogP contribution is -2.23. The van der Waals surface area contributed by atoms with Gasteiger partial charge in [0.1, 0.15) is 0 Å². The van der Waals surface area contributed by atoms with Gasteiger partial charge in [-0.15, -0.1) is 0 Å². The number of hydrogen-bond donors (Lipinski definition) is 0. The summed E-state index contributed by atoms with van der Waals surface area (Å²) in [6.07, 6.45) is 0.910. The average molecular weight is 267 g/mol. The van der Waals surface area contributed by atoms with Gasteiger partial charge in [0.15, 0.2) is 20.3 Å². The van der Waals surface area contributed by atoms with Crippen molar-refractivity contribution in [3.63, 3.8) is 0 Å². The maximum Gasteiger partial charge on any atom is 0.197 e. The number of rotatable bonds is 3. The maximum atomic E-state index is 11.6. The van der Waals surface area contributed by atoms with Gasteiger partial charge in [-0.2, -0.15) is 0 Å². The molecular weight excluding hydrogens is 259 g/mol. The highest BCUT2D eigenvalue weighted by Crippen LogP contribution is 2.16. The number of Topliss-reactive ketones (excluding diaryl/α,β-unsaturated/α-hetero) is 1. The van der Waals surface area contributed by atoms with Crippen LogP contribution in [-0.2, 0) is 9.84 Å². The smallest absolute Gasteiger partial charge is 0.197 e. The van der Waals surface area contributed by atoms with Crippen LogP contribution in [0.3, 0.4) is 0 Å². The Bertz CT molecular complexity index is 482. The van der Waals surface area contributed by atoms with E-state index in [2.05, 4.69) is 0 Å². The molecule has 0 aliphatic rings. The van der Waals surface area contributed by atoms with E-state index in [4.69, 9.17) is 23.2 Å². The van der Waals surface area contributed by atoms with Crippen LogP contribution in [-0.4, -0.2) is 25.2 Å². The van der Waals surface area contributed by atoms with E-state index in [1.165, 1.54) is 12.1 Å². The standard InChI is InChI=1S/C9H8Cl2O3S/c1-15(13,14)9(11)8(12)6-3-2-4-7(10)5-6/h2-5,9H,1H3/t9-/m1/s1. The summed E-state index contributed by atoms with van der Waals surface area (Å²) in [5.41, 5.74) is 0.188. The second kappa shape index (κ2) is 4.51. The lowest BCUT2D eigenvalue weighted by atomic mass is 10.1. The topological polar surface area (TPSA) is 51.2 Å². The third kappa shape index (κ3) is 3.19. The molecule has 0 aromatic heterocycles. The minimum atomic E-state index is -3.59. The number of ketones is 1. The van der Waals surface area contributed by atoms with E-state index in [1.807, 2.05) is 0 Å². The maximum absolute atomic E-state index is 11.6. The minimum absolute atomic E-state index is 0.188. The minimum Gasteiger partial charge on any atom is -0.291 e. The molecule has 0 heterocycles. The van der Waals surface area contributed by atoms with Crippen LogP contribution in [0.25, 0.3) is 0 Å². The fraction of sp³-hybridized carbons (Fsp3) is 0.222. The van der Waals surface area contributed by atoms with Gasteiger partial charge in [0.25, 0.3) is 0 Å². The Morgan fingerprint density at radius 1 is 1.40 bits per heavy atom.